The number of carbonyl (C=O) groups is 2. The lowest BCUT2D eigenvalue weighted by Gasteiger charge is -2.26. The minimum Gasteiger partial charge on any atom is -0.474 e. The van der Waals surface area contributed by atoms with Gasteiger partial charge in [-0.25, -0.2) is 4.79 Å². The number of rotatable bonds is 1. The number of fused-ring (bicyclic) bond motifs is 1. The number of aliphatic carboxylic acids is 1. The van der Waals surface area contributed by atoms with Crippen LogP contribution in [0.3, 0.4) is 0 Å². The normalized spacial score (nSPS) is 34.2. The van der Waals surface area contributed by atoms with Crippen LogP contribution in [0.2, 0.25) is 0 Å². The molecule has 0 aromatic heterocycles. The molecular formula is C10H16N2O3. The zero-order chi connectivity index (χ0) is 11.1. The third-order valence-corrected chi connectivity index (χ3v) is 3.92. The molecule has 5 heteroatoms. The fraction of sp³-hybridized carbons (Fsp3) is 0.800. The number of nitrogens with two attached hydrogens (primary N) is 1. The molecule has 0 aromatic carbocycles. The standard InChI is InChI=1S/C10H16N2O3/c11-5-10-3-1-2-7(10)4-12(6-10)8(13)9(14)15/h7H,1-6,11H2,(H,14,15)/t7-,10-/m1/s1. The van der Waals surface area contributed by atoms with Gasteiger partial charge in [0, 0.05) is 18.5 Å². The molecule has 2 rings (SSSR count). The maximum absolute atomic E-state index is 11.3. The molecule has 0 unspecified atom stereocenters. The van der Waals surface area contributed by atoms with E-state index in [1.807, 2.05) is 0 Å². The van der Waals surface area contributed by atoms with Gasteiger partial charge in [0.05, 0.1) is 0 Å². The summed E-state index contributed by atoms with van der Waals surface area (Å²) in [5.41, 5.74) is 5.77. The minimum absolute atomic E-state index is 0.00507. The molecule has 2 aliphatic rings. The van der Waals surface area contributed by atoms with E-state index in [0.29, 0.717) is 25.6 Å². The molecule has 1 saturated carbocycles. The first-order valence-corrected chi connectivity index (χ1v) is 5.31. The maximum Gasteiger partial charge on any atom is 0.394 e. The van der Waals surface area contributed by atoms with Crippen molar-refractivity contribution in [2.45, 2.75) is 19.3 Å². The highest BCUT2D eigenvalue weighted by molar-refractivity contribution is 6.31. The summed E-state index contributed by atoms with van der Waals surface area (Å²) in [6.07, 6.45) is 3.25. The minimum atomic E-state index is -1.36. The van der Waals surface area contributed by atoms with E-state index in [9.17, 15) is 9.59 Å². The lowest BCUT2D eigenvalue weighted by Crippen LogP contribution is -2.39. The van der Waals surface area contributed by atoms with Crippen LogP contribution in [0.4, 0.5) is 0 Å². The number of hydrogen-bond donors (Lipinski definition) is 2. The van der Waals surface area contributed by atoms with E-state index in [0.717, 1.165) is 19.3 Å². The van der Waals surface area contributed by atoms with Gasteiger partial charge in [-0.05, 0) is 25.3 Å². The fourth-order valence-electron chi connectivity index (χ4n) is 3.04. The molecule has 0 radical (unpaired) electrons. The number of amides is 1. The number of carboxylic acids is 1. The third-order valence-electron chi connectivity index (χ3n) is 3.92. The highest BCUT2D eigenvalue weighted by Crippen LogP contribution is 2.47. The van der Waals surface area contributed by atoms with Crippen molar-refractivity contribution in [1.82, 2.24) is 4.90 Å². The van der Waals surface area contributed by atoms with E-state index < -0.39 is 11.9 Å². The van der Waals surface area contributed by atoms with Gasteiger partial charge in [0.1, 0.15) is 0 Å². The van der Waals surface area contributed by atoms with Gasteiger partial charge in [0.15, 0.2) is 0 Å². The van der Waals surface area contributed by atoms with Gasteiger partial charge in [0.25, 0.3) is 0 Å². The Hall–Kier alpha value is -1.10. The Labute approximate surface area is 88.2 Å². The highest BCUT2D eigenvalue weighted by Gasteiger charge is 2.50. The molecule has 3 N–H and O–H groups in total. The Morgan fingerprint density at radius 3 is 2.80 bits per heavy atom. The lowest BCUT2D eigenvalue weighted by molar-refractivity contribution is -0.155. The number of nitrogens with zero attached hydrogens (tertiary/aromatic N) is 1. The van der Waals surface area contributed by atoms with E-state index in [1.54, 1.807) is 0 Å². The van der Waals surface area contributed by atoms with Crippen molar-refractivity contribution in [1.29, 1.82) is 0 Å². The zero-order valence-electron chi connectivity index (χ0n) is 8.61. The van der Waals surface area contributed by atoms with E-state index in [4.69, 9.17) is 10.8 Å². The van der Waals surface area contributed by atoms with E-state index in [-0.39, 0.29) is 5.41 Å². The Morgan fingerprint density at radius 1 is 1.53 bits per heavy atom. The van der Waals surface area contributed by atoms with Gasteiger partial charge >= 0.3 is 11.9 Å². The van der Waals surface area contributed by atoms with Crippen LogP contribution in [0, 0.1) is 11.3 Å². The maximum atomic E-state index is 11.3. The summed E-state index contributed by atoms with van der Waals surface area (Å²) in [5.74, 6) is -1.73. The molecular weight excluding hydrogens is 196 g/mol. The Kier molecular flexibility index (Phi) is 2.42. The summed E-state index contributed by atoms with van der Waals surface area (Å²) in [6, 6.07) is 0. The van der Waals surface area contributed by atoms with Crippen LogP contribution >= 0.6 is 0 Å². The average Bonchev–Trinajstić information content (AvgIpc) is 2.72. The van der Waals surface area contributed by atoms with E-state index in [2.05, 4.69) is 0 Å². The van der Waals surface area contributed by atoms with Crippen molar-refractivity contribution in [2.75, 3.05) is 19.6 Å². The van der Waals surface area contributed by atoms with Crippen molar-refractivity contribution in [3.63, 3.8) is 0 Å². The van der Waals surface area contributed by atoms with Crippen LogP contribution in [0.15, 0.2) is 0 Å². The smallest absolute Gasteiger partial charge is 0.394 e. The van der Waals surface area contributed by atoms with Crippen molar-refractivity contribution in [3.8, 4) is 0 Å². The number of likely N-dealkylation sites (tertiary alicyclic amines) is 1. The van der Waals surface area contributed by atoms with Gasteiger partial charge in [-0.2, -0.15) is 0 Å². The molecule has 0 spiro atoms. The summed E-state index contributed by atoms with van der Waals surface area (Å²) in [6.45, 7) is 1.66. The lowest BCUT2D eigenvalue weighted by atomic mass is 9.81. The van der Waals surface area contributed by atoms with Crippen molar-refractivity contribution in [2.24, 2.45) is 17.1 Å². The summed E-state index contributed by atoms with van der Waals surface area (Å²) >= 11 is 0. The molecule has 15 heavy (non-hydrogen) atoms. The first-order valence-electron chi connectivity index (χ1n) is 5.31. The average molecular weight is 212 g/mol. The Morgan fingerprint density at radius 2 is 2.27 bits per heavy atom. The second kappa shape index (κ2) is 3.48. The largest absolute Gasteiger partial charge is 0.474 e. The molecule has 5 nitrogen and oxygen atoms in total. The van der Waals surface area contributed by atoms with Crippen LogP contribution in [-0.4, -0.2) is 41.5 Å². The predicted octanol–water partition coefficient (Wildman–Crippen LogP) is -0.342. The first kappa shape index (κ1) is 10.4. The van der Waals surface area contributed by atoms with E-state index >= 15 is 0 Å². The van der Waals surface area contributed by atoms with Crippen molar-refractivity contribution in [3.05, 3.63) is 0 Å². The second-order valence-electron chi connectivity index (χ2n) is 4.65. The SMILES string of the molecule is NC[C@@]12CCC[C@@H]1CN(C(=O)C(=O)O)C2. The topological polar surface area (TPSA) is 83.6 Å². The molecule has 0 bridgehead atoms. The Bertz CT molecular complexity index is 305. The molecule has 1 heterocycles. The molecule has 2 fully saturated rings. The second-order valence-corrected chi connectivity index (χ2v) is 4.65. The summed E-state index contributed by atoms with van der Waals surface area (Å²) in [4.78, 5) is 23.3. The first-order chi connectivity index (χ1) is 7.09. The zero-order valence-corrected chi connectivity index (χ0v) is 8.61. The quantitative estimate of drug-likeness (QED) is 0.582. The van der Waals surface area contributed by atoms with Gasteiger partial charge in [-0.15, -0.1) is 0 Å². The van der Waals surface area contributed by atoms with Gasteiger partial charge in [-0.1, -0.05) is 6.42 Å². The molecule has 1 saturated heterocycles. The highest BCUT2D eigenvalue weighted by atomic mass is 16.4. The number of carboxylic acid groups (broad SMARTS) is 1. The number of carbonyl (C=O) groups excluding carboxylic acids is 1. The van der Waals surface area contributed by atoms with Gasteiger partial charge < -0.3 is 15.7 Å². The molecule has 0 aromatic rings. The number of hydrogen-bond acceptors (Lipinski definition) is 3. The van der Waals surface area contributed by atoms with Gasteiger partial charge in [0.2, 0.25) is 0 Å². The van der Waals surface area contributed by atoms with Crippen molar-refractivity contribution < 1.29 is 14.7 Å². The summed E-state index contributed by atoms with van der Waals surface area (Å²) in [5, 5.41) is 8.64. The van der Waals surface area contributed by atoms with E-state index in [1.165, 1.54) is 4.90 Å². The Balaban J connectivity index is 2.11. The summed E-state index contributed by atoms with van der Waals surface area (Å²) < 4.78 is 0. The van der Waals surface area contributed by atoms with Crippen molar-refractivity contribution >= 4 is 11.9 Å². The molecule has 84 valence electrons. The monoisotopic (exact) mass is 212 g/mol. The van der Waals surface area contributed by atoms with Crippen LogP contribution in [0.25, 0.3) is 0 Å². The predicted molar refractivity (Wildman–Crippen MR) is 53.0 cm³/mol. The van der Waals surface area contributed by atoms with Crippen LogP contribution in [0.5, 0.6) is 0 Å². The molecule has 1 amide bonds. The fourth-order valence-corrected chi connectivity index (χ4v) is 3.04. The van der Waals surface area contributed by atoms with Crippen LogP contribution in [0.1, 0.15) is 19.3 Å². The van der Waals surface area contributed by atoms with Crippen LogP contribution in [-0.2, 0) is 9.59 Å². The van der Waals surface area contributed by atoms with Gasteiger partial charge in [-0.3, -0.25) is 4.79 Å². The van der Waals surface area contributed by atoms with Crippen LogP contribution < -0.4 is 5.73 Å². The summed E-state index contributed by atoms with van der Waals surface area (Å²) in [7, 11) is 0. The third kappa shape index (κ3) is 1.51. The molecule has 1 aliphatic heterocycles. The molecule has 1 aliphatic carbocycles. The molecule has 2 atom stereocenters.